The van der Waals surface area contributed by atoms with E-state index in [9.17, 15) is 19.5 Å². The third kappa shape index (κ3) is 7.32. The van der Waals surface area contributed by atoms with E-state index in [2.05, 4.69) is 31.0 Å². The Morgan fingerprint density at radius 1 is 1.12 bits per heavy atom. The van der Waals surface area contributed by atoms with Crippen LogP contribution in [0.25, 0.3) is 0 Å². The molecule has 1 heterocycles. The molecule has 1 unspecified atom stereocenters. The van der Waals surface area contributed by atoms with Crippen molar-refractivity contribution in [1.82, 2.24) is 15.1 Å². The zero-order valence-electron chi connectivity index (χ0n) is 21.7. The van der Waals surface area contributed by atoms with Gasteiger partial charge in [-0.25, -0.2) is 4.79 Å². The van der Waals surface area contributed by atoms with E-state index in [1.54, 1.807) is 18.0 Å². The van der Waals surface area contributed by atoms with Crippen LogP contribution in [0.4, 0.5) is 0 Å². The Hall–Kier alpha value is -1.89. The Kier molecular flexibility index (Phi) is 9.94. The van der Waals surface area contributed by atoms with E-state index in [1.807, 2.05) is 34.6 Å². The molecule has 0 aromatic carbocycles. The van der Waals surface area contributed by atoms with Crippen molar-refractivity contribution in [2.24, 2.45) is 17.3 Å². The van der Waals surface area contributed by atoms with Crippen LogP contribution in [0.15, 0.2) is 11.6 Å². The molecule has 0 bridgehead atoms. The van der Waals surface area contributed by atoms with Gasteiger partial charge < -0.3 is 15.3 Å². The third-order valence-corrected chi connectivity index (χ3v) is 6.46. The van der Waals surface area contributed by atoms with Gasteiger partial charge in [0, 0.05) is 25.2 Å². The molecular formula is C25H45N3O4. The molecule has 1 aliphatic rings. The fourth-order valence-corrected chi connectivity index (χ4v) is 4.36. The fourth-order valence-electron chi connectivity index (χ4n) is 4.36. The van der Waals surface area contributed by atoms with E-state index in [1.165, 1.54) is 6.92 Å². The fraction of sp³-hybridized carbons (Fsp3) is 0.800. The molecule has 0 aromatic heterocycles. The van der Waals surface area contributed by atoms with E-state index in [-0.39, 0.29) is 41.4 Å². The monoisotopic (exact) mass is 451 g/mol. The summed E-state index contributed by atoms with van der Waals surface area (Å²) in [7, 11) is 1.69. The predicted octanol–water partition coefficient (Wildman–Crippen LogP) is 3.54. The number of amides is 2. The maximum Gasteiger partial charge on any atom is 0.331 e. The number of likely N-dealkylation sites (tertiary alicyclic amines) is 1. The molecule has 7 heteroatoms. The highest BCUT2D eigenvalue weighted by atomic mass is 16.4. The number of rotatable bonds is 8. The Labute approximate surface area is 194 Å². The number of hydrogen-bond donors (Lipinski definition) is 2. The summed E-state index contributed by atoms with van der Waals surface area (Å²) in [6, 6.07) is -1.10. The van der Waals surface area contributed by atoms with Crippen molar-refractivity contribution in [3.8, 4) is 0 Å². The molecule has 7 nitrogen and oxygen atoms in total. The minimum Gasteiger partial charge on any atom is -0.478 e. The van der Waals surface area contributed by atoms with Crippen LogP contribution in [-0.4, -0.2) is 70.4 Å². The molecular weight excluding hydrogens is 406 g/mol. The number of nitrogens with zero attached hydrogens (tertiary/aromatic N) is 2. The maximum absolute atomic E-state index is 13.6. The first-order chi connectivity index (χ1) is 14.6. The van der Waals surface area contributed by atoms with Crippen LogP contribution in [0.1, 0.15) is 75.2 Å². The number of carbonyl (C=O) groups is 3. The van der Waals surface area contributed by atoms with E-state index in [0.717, 1.165) is 19.4 Å². The number of carbonyl (C=O) groups excluding carboxylic acids is 2. The number of hydrogen-bond acceptors (Lipinski definition) is 4. The highest BCUT2D eigenvalue weighted by Gasteiger charge is 2.40. The van der Waals surface area contributed by atoms with Crippen molar-refractivity contribution in [2.75, 3.05) is 13.6 Å². The standard InChI is InChI=1S/C25H45N3O4/c1-15(2)20(13-18(6)24(31)32)27(10)23(30)21(25(7,8)9)26-22(29)19-12-11-17(5)14-28(19)16(3)4/h13,15-17,19-21H,11-12,14H2,1-10H3,(H,26,29)(H,31,32)/t17-,19?,20-,21-/m1/s1. The summed E-state index contributed by atoms with van der Waals surface area (Å²) in [5, 5.41) is 12.4. The topological polar surface area (TPSA) is 90.0 Å². The first-order valence-electron chi connectivity index (χ1n) is 11.8. The molecule has 184 valence electrons. The Bertz CT molecular complexity index is 708. The molecule has 0 saturated carbocycles. The summed E-state index contributed by atoms with van der Waals surface area (Å²) in [6.45, 7) is 18.5. The van der Waals surface area contributed by atoms with Crippen LogP contribution in [0, 0.1) is 17.3 Å². The van der Waals surface area contributed by atoms with E-state index in [4.69, 9.17) is 0 Å². The zero-order valence-corrected chi connectivity index (χ0v) is 21.7. The predicted molar refractivity (Wildman–Crippen MR) is 128 cm³/mol. The lowest BCUT2D eigenvalue weighted by atomic mass is 9.84. The summed E-state index contributed by atoms with van der Waals surface area (Å²) in [5.74, 6) is -0.753. The first kappa shape index (κ1) is 28.1. The van der Waals surface area contributed by atoms with Gasteiger partial charge in [-0.15, -0.1) is 0 Å². The molecule has 1 aliphatic heterocycles. The summed E-state index contributed by atoms with van der Waals surface area (Å²) < 4.78 is 0. The number of likely N-dealkylation sites (N-methyl/N-ethyl adjacent to an activating group) is 1. The lowest BCUT2D eigenvalue weighted by Gasteiger charge is -2.42. The third-order valence-electron chi connectivity index (χ3n) is 6.46. The van der Waals surface area contributed by atoms with Gasteiger partial charge in [-0.1, -0.05) is 47.6 Å². The molecule has 0 radical (unpaired) electrons. The SMILES string of the molecule is CC(=C[C@H](C(C)C)N(C)C(=O)[C@@H](NC(=O)C1CC[C@@H](C)CN1C(C)C)C(C)(C)C)C(=O)O. The molecule has 2 N–H and O–H groups in total. The highest BCUT2D eigenvalue weighted by molar-refractivity contribution is 5.91. The molecule has 1 fully saturated rings. The molecule has 0 aromatic rings. The van der Waals surface area contributed by atoms with E-state index < -0.39 is 17.4 Å². The first-order valence-corrected chi connectivity index (χ1v) is 11.8. The second-order valence-electron chi connectivity index (χ2n) is 11.1. The molecule has 4 atom stereocenters. The molecule has 32 heavy (non-hydrogen) atoms. The summed E-state index contributed by atoms with van der Waals surface area (Å²) in [4.78, 5) is 42.1. The van der Waals surface area contributed by atoms with Gasteiger partial charge in [0.2, 0.25) is 11.8 Å². The minimum atomic E-state index is -1.00. The summed E-state index contributed by atoms with van der Waals surface area (Å²) in [6.07, 6.45) is 3.39. The molecule has 0 aliphatic carbocycles. The van der Waals surface area contributed by atoms with Crippen LogP contribution < -0.4 is 5.32 Å². The minimum absolute atomic E-state index is 0.0193. The Morgan fingerprint density at radius 2 is 1.69 bits per heavy atom. The van der Waals surface area contributed by atoms with Gasteiger partial charge in [0.25, 0.3) is 0 Å². The summed E-state index contributed by atoms with van der Waals surface area (Å²) >= 11 is 0. The number of nitrogens with one attached hydrogen (secondary N) is 1. The molecule has 1 rings (SSSR count). The van der Waals surface area contributed by atoms with Gasteiger partial charge in [0.15, 0.2) is 0 Å². The van der Waals surface area contributed by atoms with Crippen LogP contribution in [0.5, 0.6) is 0 Å². The van der Waals surface area contributed by atoms with Gasteiger partial charge in [0.1, 0.15) is 6.04 Å². The van der Waals surface area contributed by atoms with Crippen LogP contribution in [0.2, 0.25) is 0 Å². The van der Waals surface area contributed by atoms with E-state index >= 15 is 0 Å². The molecule has 0 spiro atoms. The average molecular weight is 452 g/mol. The van der Waals surface area contributed by atoms with Gasteiger partial charge in [0.05, 0.1) is 12.1 Å². The van der Waals surface area contributed by atoms with Crippen molar-refractivity contribution in [3.63, 3.8) is 0 Å². The van der Waals surface area contributed by atoms with Gasteiger partial charge in [-0.3, -0.25) is 14.5 Å². The zero-order chi connectivity index (χ0) is 25.0. The number of piperidine rings is 1. The van der Waals surface area contributed by atoms with Crippen LogP contribution in [0.3, 0.4) is 0 Å². The van der Waals surface area contributed by atoms with E-state index in [0.29, 0.717) is 5.92 Å². The van der Waals surface area contributed by atoms with Gasteiger partial charge in [-0.05, 0) is 50.9 Å². The van der Waals surface area contributed by atoms with Gasteiger partial charge in [-0.2, -0.15) is 0 Å². The number of carboxylic acid groups (broad SMARTS) is 1. The number of aliphatic carboxylic acids is 1. The molecule has 2 amide bonds. The lowest BCUT2D eigenvalue weighted by molar-refractivity contribution is -0.142. The normalized spacial score (nSPS) is 22.6. The average Bonchev–Trinajstić information content (AvgIpc) is 2.67. The second-order valence-corrected chi connectivity index (χ2v) is 11.1. The van der Waals surface area contributed by atoms with Crippen molar-refractivity contribution >= 4 is 17.8 Å². The Morgan fingerprint density at radius 3 is 2.12 bits per heavy atom. The van der Waals surface area contributed by atoms with Crippen molar-refractivity contribution in [3.05, 3.63) is 11.6 Å². The lowest BCUT2D eigenvalue weighted by Crippen LogP contribution is -2.61. The number of carboxylic acids is 1. The quantitative estimate of drug-likeness (QED) is 0.551. The maximum atomic E-state index is 13.6. The smallest absolute Gasteiger partial charge is 0.331 e. The highest BCUT2D eigenvalue weighted by Crippen LogP contribution is 2.27. The van der Waals surface area contributed by atoms with Crippen molar-refractivity contribution in [1.29, 1.82) is 0 Å². The Balaban J connectivity index is 3.17. The van der Waals surface area contributed by atoms with Crippen molar-refractivity contribution < 1.29 is 19.5 Å². The van der Waals surface area contributed by atoms with Gasteiger partial charge >= 0.3 is 5.97 Å². The second kappa shape index (κ2) is 11.3. The molecule has 1 saturated heterocycles. The van der Waals surface area contributed by atoms with Crippen molar-refractivity contribution in [2.45, 2.75) is 99.3 Å². The summed E-state index contributed by atoms with van der Waals surface area (Å²) in [5.41, 5.74) is -0.304. The van der Waals surface area contributed by atoms with Crippen LogP contribution >= 0.6 is 0 Å². The van der Waals surface area contributed by atoms with Crippen LogP contribution in [-0.2, 0) is 14.4 Å². The largest absolute Gasteiger partial charge is 0.478 e.